The van der Waals surface area contributed by atoms with Gasteiger partial charge in [-0.05, 0) is 37.0 Å². The van der Waals surface area contributed by atoms with Crippen LogP contribution in [0.5, 0.6) is 0 Å². The van der Waals surface area contributed by atoms with E-state index < -0.39 is 5.91 Å². The van der Waals surface area contributed by atoms with Crippen molar-refractivity contribution >= 4 is 11.8 Å². The Hall–Kier alpha value is -1.88. The van der Waals surface area contributed by atoms with E-state index in [4.69, 9.17) is 5.73 Å². The molecule has 2 aliphatic rings. The van der Waals surface area contributed by atoms with Gasteiger partial charge in [0.05, 0.1) is 0 Å². The van der Waals surface area contributed by atoms with Crippen molar-refractivity contribution in [2.24, 2.45) is 11.7 Å². The fourth-order valence-electron chi connectivity index (χ4n) is 3.11. The van der Waals surface area contributed by atoms with E-state index >= 15 is 0 Å². The molecule has 1 saturated heterocycles. The van der Waals surface area contributed by atoms with Crippen molar-refractivity contribution in [1.82, 2.24) is 10.2 Å². The van der Waals surface area contributed by atoms with Crippen LogP contribution in [0.3, 0.4) is 0 Å². The summed E-state index contributed by atoms with van der Waals surface area (Å²) in [6, 6.07) is 7.58. The summed E-state index contributed by atoms with van der Waals surface area (Å²) in [5, 5.41) is 3.30. The van der Waals surface area contributed by atoms with Gasteiger partial charge in [0.1, 0.15) is 0 Å². The topological polar surface area (TPSA) is 75.4 Å². The summed E-state index contributed by atoms with van der Waals surface area (Å²) in [5.74, 6) is 0.249. The minimum Gasteiger partial charge on any atom is -0.366 e. The zero-order valence-corrected chi connectivity index (χ0v) is 12.2. The van der Waals surface area contributed by atoms with E-state index in [1.165, 1.54) is 0 Å². The maximum Gasteiger partial charge on any atom is 0.248 e. The molecule has 3 atom stereocenters. The third-order valence-corrected chi connectivity index (χ3v) is 4.52. The fourth-order valence-corrected chi connectivity index (χ4v) is 3.11. The quantitative estimate of drug-likeness (QED) is 0.859. The summed E-state index contributed by atoms with van der Waals surface area (Å²) in [4.78, 5) is 25.6. The van der Waals surface area contributed by atoms with Crippen molar-refractivity contribution in [2.75, 3.05) is 19.6 Å². The van der Waals surface area contributed by atoms with Crippen LogP contribution >= 0.6 is 0 Å². The number of piperazine rings is 1. The second-order valence-corrected chi connectivity index (χ2v) is 6.02. The molecule has 1 heterocycles. The van der Waals surface area contributed by atoms with Gasteiger partial charge in [0.2, 0.25) is 11.8 Å². The molecule has 1 aromatic rings. The molecule has 3 rings (SSSR count). The molecule has 0 radical (unpaired) electrons. The van der Waals surface area contributed by atoms with Gasteiger partial charge in [-0.15, -0.1) is 0 Å². The lowest BCUT2D eigenvalue weighted by atomic mass is 10.1. The molecule has 5 heteroatoms. The first-order valence-corrected chi connectivity index (χ1v) is 7.49. The average molecular weight is 287 g/mol. The number of hydrogen-bond acceptors (Lipinski definition) is 3. The number of nitrogens with zero attached hydrogens (tertiary/aromatic N) is 1. The van der Waals surface area contributed by atoms with Crippen LogP contribution in [0.1, 0.15) is 35.2 Å². The van der Waals surface area contributed by atoms with Gasteiger partial charge in [-0.3, -0.25) is 9.59 Å². The Morgan fingerprint density at radius 1 is 1.29 bits per heavy atom. The van der Waals surface area contributed by atoms with Crippen molar-refractivity contribution in [2.45, 2.75) is 25.3 Å². The maximum absolute atomic E-state index is 12.6. The summed E-state index contributed by atoms with van der Waals surface area (Å²) < 4.78 is 0. The van der Waals surface area contributed by atoms with Gasteiger partial charge in [0.25, 0.3) is 0 Å². The third kappa shape index (κ3) is 2.78. The number of amides is 2. The van der Waals surface area contributed by atoms with E-state index in [0.29, 0.717) is 11.5 Å². The number of nitrogens with two attached hydrogens (primary N) is 1. The number of carbonyl (C=O) groups is 2. The molecule has 0 bridgehead atoms. The Morgan fingerprint density at radius 3 is 2.62 bits per heavy atom. The van der Waals surface area contributed by atoms with Crippen molar-refractivity contribution in [1.29, 1.82) is 0 Å². The third-order valence-electron chi connectivity index (χ3n) is 4.52. The highest BCUT2D eigenvalue weighted by atomic mass is 16.2. The number of primary amides is 1. The van der Waals surface area contributed by atoms with Gasteiger partial charge in [-0.1, -0.05) is 12.1 Å². The van der Waals surface area contributed by atoms with Gasteiger partial charge in [-0.2, -0.15) is 0 Å². The number of nitrogens with one attached hydrogen (secondary N) is 1. The number of hydrogen-bond donors (Lipinski definition) is 2. The first-order valence-electron chi connectivity index (χ1n) is 7.49. The molecule has 1 aliphatic heterocycles. The smallest absolute Gasteiger partial charge is 0.248 e. The van der Waals surface area contributed by atoms with E-state index in [0.717, 1.165) is 31.6 Å². The molecule has 3 unspecified atom stereocenters. The lowest BCUT2D eigenvalue weighted by Crippen LogP contribution is -2.52. The zero-order chi connectivity index (χ0) is 15.0. The number of rotatable bonds is 3. The molecule has 1 saturated carbocycles. The molecule has 1 aliphatic carbocycles. The first-order chi connectivity index (χ1) is 10.1. The minimum absolute atomic E-state index is 0.102. The van der Waals surface area contributed by atoms with E-state index in [2.05, 4.69) is 12.2 Å². The first kappa shape index (κ1) is 14.1. The number of carbonyl (C=O) groups excluding carboxylic acids is 2. The van der Waals surface area contributed by atoms with Crippen LogP contribution in [-0.2, 0) is 4.79 Å². The Labute approximate surface area is 124 Å². The molecule has 21 heavy (non-hydrogen) atoms. The minimum atomic E-state index is -0.417. The Morgan fingerprint density at radius 2 is 2.00 bits per heavy atom. The summed E-state index contributed by atoms with van der Waals surface area (Å²) >= 11 is 0. The summed E-state index contributed by atoms with van der Waals surface area (Å²) in [5.41, 5.74) is 6.88. The largest absolute Gasteiger partial charge is 0.366 e. The zero-order valence-electron chi connectivity index (χ0n) is 12.2. The van der Waals surface area contributed by atoms with E-state index in [9.17, 15) is 9.59 Å². The molecule has 0 spiro atoms. The molecule has 1 aromatic carbocycles. The van der Waals surface area contributed by atoms with Crippen LogP contribution < -0.4 is 11.1 Å². The van der Waals surface area contributed by atoms with Crippen molar-refractivity contribution in [3.05, 3.63) is 35.4 Å². The van der Waals surface area contributed by atoms with Crippen LogP contribution in [0.15, 0.2) is 24.3 Å². The maximum atomic E-state index is 12.6. The second kappa shape index (κ2) is 5.48. The van der Waals surface area contributed by atoms with Crippen molar-refractivity contribution < 1.29 is 9.59 Å². The molecular formula is C16H21N3O2. The predicted molar refractivity (Wildman–Crippen MR) is 79.9 cm³/mol. The van der Waals surface area contributed by atoms with E-state index in [-0.39, 0.29) is 17.9 Å². The highest BCUT2D eigenvalue weighted by molar-refractivity contribution is 5.92. The van der Waals surface area contributed by atoms with Crippen LogP contribution in [-0.4, -0.2) is 42.4 Å². The van der Waals surface area contributed by atoms with Gasteiger partial charge in [0.15, 0.2) is 0 Å². The van der Waals surface area contributed by atoms with Crippen molar-refractivity contribution in [3.8, 4) is 0 Å². The molecule has 112 valence electrons. The number of benzene rings is 1. The lowest BCUT2D eigenvalue weighted by molar-refractivity contribution is -0.135. The van der Waals surface area contributed by atoms with Crippen molar-refractivity contribution in [3.63, 3.8) is 0 Å². The fraction of sp³-hybridized carbons (Fsp3) is 0.500. The lowest BCUT2D eigenvalue weighted by Gasteiger charge is -2.34. The predicted octanol–water partition coefficient (Wildman–Crippen LogP) is 0.709. The van der Waals surface area contributed by atoms with Crippen LogP contribution in [0.25, 0.3) is 0 Å². The van der Waals surface area contributed by atoms with E-state index in [1.54, 1.807) is 12.1 Å². The normalized spacial score (nSPS) is 28.2. The molecule has 2 amide bonds. The van der Waals surface area contributed by atoms with Gasteiger partial charge in [-0.25, -0.2) is 0 Å². The second-order valence-electron chi connectivity index (χ2n) is 6.02. The Balaban J connectivity index is 1.65. The highest BCUT2D eigenvalue weighted by Gasteiger charge is 2.46. The van der Waals surface area contributed by atoms with Gasteiger partial charge < -0.3 is 16.0 Å². The van der Waals surface area contributed by atoms with Gasteiger partial charge in [0, 0.05) is 37.2 Å². The molecule has 0 aromatic heterocycles. The molecule has 5 nitrogen and oxygen atoms in total. The monoisotopic (exact) mass is 287 g/mol. The van der Waals surface area contributed by atoms with E-state index in [1.807, 2.05) is 17.0 Å². The molecule has 3 N–H and O–H groups in total. The Kier molecular flexibility index (Phi) is 3.68. The summed E-state index contributed by atoms with van der Waals surface area (Å²) in [7, 11) is 0. The highest BCUT2D eigenvalue weighted by Crippen LogP contribution is 2.48. The molecular weight excluding hydrogens is 266 g/mol. The van der Waals surface area contributed by atoms with Gasteiger partial charge >= 0.3 is 0 Å². The van der Waals surface area contributed by atoms with Crippen LogP contribution in [0.4, 0.5) is 0 Å². The summed E-state index contributed by atoms with van der Waals surface area (Å²) in [6.45, 7) is 4.63. The van der Waals surface area contributed by atoms with Crippen LogP contribution in [0.2, 0.25) is 0 Å². The summed E-state index contributed by atoms with van der Waals surface area (Å²) in [6.07, 6.45) is 0.908. The SMILES string of the molecule is CC1CNCCN1C(=O)C1CC1c1ccc(C(N)=O)cc1. The Bertz CT molecular complexity index is 555. The van der Waals surface area contributed by atoms with Crippen LogP contribution in [0, 0.1) is 5.92 Å². The standard InChI is InChI=1S/C16H21N3O2/c1-10-9-18-6-7-19(10)16(21)14-8-13(14)11-2-4-12(5-3-11)15(17)20/h2-5,10,13-14,18H,6-9H2,1H3,(H2,17,20). The molecule has 2 fully saturated rings. The average Bonchev–Trinajstić information content (AvgIpc) is 3.27.